The predicted molar refractivity (Wildman–Crippen MR) is 110 cm³/mol. The number of imidazole rings is 1. The second-order valence-corrected chi connectivity index (χ2v) is 6.23. The lowest BCUT2D eigenvalue weighted by atomic mass is 10.1. The molecule has 2 N–H and O–H groups in total. The minimum atomic E-state index is -0.0890. The van der Waals surface area contributed by atoms with Crippen molar-refractivity contribution in [1.82, 2.24) is 19.8 Å². The van der Waals surface area contributed by atoms with E-state index in [0.29, 0.717) is 30.8 Å². The van der Waals surface area contributed by atoms with E-state index >= 15 is 0 Å². The zero-order chi connectivity index (χ0) is 17.6. The minimum Gasteiger partial charge on any atom is -0.337 e. The van der Waals surface area contributed by atoms with Crippen molar-refractivity contribution < 1.29 is 9.59 Å². The maximum atomic E-state index is 12.7. The molecule has 0 radical (unpaired) electrons. The molecule has 3 rings (SSSR count). The first-order chi connectivity index (χ1) is 12.1. The van der Waals surface area contributed by atoms with Crippen LogP contribution in [0.4, 0.5) is 5.69 Å². The summed E-state index contributed by atoms with van der Waals surface area (Å²) in [6.07, 6.45) is 5.54. The molecule has 0 saturated carbocycles. The summed E-state index contributed by atoms with van der Waals surface area (Å²) in [7, 11) is 0. The van der Waals surface area contributed by atoms with E-state index in [-0.39, 0.29) is 42.7 Å². The Balaban J connectivity index is 0.00000182. The topological polar surface area (TPSA) is 79.3 Å². The van der Waals surface area contributed by atoms with Crippen LogP contribution < -0.4 is 10.6 Å². The highest BCUT2D eigenvalue weighted by molar-refractivity contribution is 5.97. The standard InChI is InChI=1S/C18H23N5O2.2ClH/c1-14-12-19-7-10-23(14)18(25)15-3-2-4-16(11-15)21-17(24)5-8-22-9-6-20-13-22;;/h2-4,6,9,11,13-14,19H,5,7-8,10,12H2,1H3,(H,21,24);2*1H/t14-;;/m1../s1. The Labute approximate surface area is 171 Å². The van der Waals surface area contributed by atoms with Crippen LogP contribution in [-0.2, 0) is 11.3 Å². The maximum Gasteiger partial charge on any atom is 0.254 e. The molecule has 7 nitrogen and oxygen atoms in total. The Morgan fingerprint density at radius 2 is 2.15 bits per heavy atom. The SMILES string of the molecule is C[C@@H]1CNCCN1C(=O)c1cccc(NC(=O)CCn2ccnc2)c1.Cl.Cl. The number of nitrogens with zero attached hydrogens (tertiary/aromatic N) is 3. The highest BCUT2D eigenvalue weighted by Crippen LogP contribution is 2.15. The molecule has 0 spiro atoms. The van der Waals surface area contributed by atoms with Gasteiger partial charge in [-0.2, -0.15) is 0 Å². The van der Waals surface area contributed by atoms with Crippen LogP contribution in [0.1, 0.15) is 23.7 Å². The number of benzene rings is 1. The predicted octanol–water partition coefficient (Wildman–Crippen LogP) is 2.19. The second kappa shape index (κ2) is 10.9. The van der Waals surface area contributed by atoms with Gasteiger partial charge in [-0.3, -0.25) is 9.59 Å². The number of piperazine rings is 1. The van der Waals surface area contributed by atoms with E-state index in [1.807, 2.05) is 22.6 Å². The third kappa shape index (κ3) is 6.23. The average molecular weight is 414 g/mol. The fourth-order valence-electron chi connectivity index (χ4n) is 2.91. The van der Waals surface area contributed by atoms with Crippen LogP contribution in [0.25, 0.3) is 0 Å². The number of hydrogen-bond donors (Lipinski definition) is 2. The van der Waals surface area contributed by atoms with Gasteiger partial charge in [0.05, 0.1) is 6.33 Å². The number of aryl methyl sites for hydroxylation is 1. The van der Waals surface area contributed by atoms with E-state index in [2.05, 4.69) is 15.6 Å². The van der Waals surface area contributed by atoms with E-state index in [1.54, 1.807) is 36.8 Å². The smallest absolute Gasteiger partial charge is 0.254 e. The number of nitrogens with one attached hydrogen (secondary N) is 2. The molecule has 1 aliphatic rings. The van der Waals surface area contributed by atoms with Crippen molar-refractivity contribution in [1.29, 1.82) is 0 Å². The summed E-state index contributed by atoms with van der Waals surface area (Å²) in [5, 5.41) is 6.13. The molecule has 1 fully saturated rings. The molecule has 0 unspecified atom stereocenters. The van der Waals surface area contributed by atoms with E-state index in [9.17, 15) is 9.59 Å². The fraction of sp³-hybridized carbons (Fsp3) is 0.389. The van der Waals surface area contributed by atoms with Gasteiger partial charge in [0.25, 0.3) is 5.91 Å². The molecule has 148 valence electrons. The van der Waals surface area contributed by atoms with Gasteiger partial charge in [-0.05, 0) is 25.1 Å². The van der Waals surface area contributed by atoms with E-state index in [0.717, 1.165) is 13.1 Å². The molecule has 1 aromatic heterocycles. The van der Waals surface area contributed by atoms with Crippen molar-refractivity contribution in [3.8, 4) is 0 Å². The summed E-state index contributed by atoms with van der Waals surface area (Å²) in [6.45, 7) is 4.91. The maximum absolute atomic E-state index is 12.7. The highest BCUT2D eigenvalue weighted by Gasteiger charge is 2.24. The summed E-state index contributed by atoms with van der Waals surface area (Å²) in [5.41, 5.74) is 1.24. The average Bonchev–Trinajstić information content (AvgIpc) is 3.14. The van der Waals surface area contributed by atoms with Crippen LogP contribution in [0.15, 0.2) is 43.0 Å². The third-order valence-electron chi connectivity index (χ3n) is 4.31. The molecule has 0 bridgehead atoms. The van der Waals surface area contributed by atoms with Crippen LogP contribution in [0.3, 0.4) is 0 Å². The number of amides is 2. The van der Waals surface area contributed by atoms with Crippen LogP contribution in [0.2, 0.25) is 0 Å². The molecule has 2 amide bonds. The Morgan fingerprint density at radius 1 is 1.33 bits per heavy atom. The zero-order valence-electron chi connectivity index (χ0n) is 15.1. The Hall–Kier alpha value is -2.09. The van der Waals surface area contributed by atoms with E-state index in [1.165, 1.54) is 0 Å². The lowest BCUT2D eigenvalue weighted by molar-refractivity contribution is -0.116. The van der Waals surface area contributed by atoms with Crippen LogP contribution in [-0.4, -0.2) is 51.9 Å². The fourth-order valence-corrected chi connectivity index (χ4v) is 2.91. The number of halogens is 2. The molecule has 1 atom stereocenters. The molecule has 1 saturated heterocycles. The first kappa shape index (κ1) is 23.0. The molecule has 9 heteroatoms. The molecule has 2 aromatic rings. The lowest BCUT2D eigenvalue weighted by Gasteiger charge is -2.34. The number of anilines is 1. The normalized spacial score (nSPS) is 16.0. The monoisotopic (exact) mass is 413 g/mol. The Bertz CT molecular complexity index is 739. The summed E-state index contributed by atoms with van der Waals surface area (Å²) >= 11 is 0. The zero-order valence-corrected chi connectivity index (χ0v) is 16.8. The second-order valence-electron chi connectivity index (χ2n) is 6.23. The van der Waals surface area contributed by atoms with Crippen molar-refractivity contribution >= 4 is 42.3 Å². The van der Waals surface area contributed by atoms with Gasteiger partial charge in [0.2, 0.25) is 5.91 Å². The van der Waals surface area contributed by atoms with Gasteiger partial charge in [0, 0.05) is 62.3 Å². The van der Waals surface area contributed by atoms with Crippen molar-refractivity contribution in [2.24, 2.45) is 0 Å². The molecule has 27 heavy (non-hydrogen) atoms. The summed E-state index contributed by atoms with van der Waals surface area (Å²) in [6, 6.07) is 7.29. The van der Waals surface area contributed by atoms with E-state index < -0.39 is 0 Å². The Kier molecular flexibility index (Phi) is 9.28. The number of aromatic nitrogens is 2. The van der Waals surface area contributed by atoms with Crippen LogP contribution in [0, 0.1) is 0 Å². The van der Waals surface area contributed by atoms with Crippen molar-refractivity contribution in [3.05, 3.63) is 48.5 Å². The highest BCUT2D eigenvalue weighted by atomic mass is 35.5. The minimum absolute atomic E-state index is 0. The summed E-state index contributed by atoms with van der Waals surface area (Å²) in [5.74, 6) is -0.0858. The molecule has 1 aliphatic heterocycles. The quantitative estimate of drug-likeness (QED) is 0.786. The molecule has 0 aliphatic carbocycles. The number of carbonyl (C=O) groups is 2. The summed E-state index contributed by atoms with van der Waals surface area (Å²) in [4.78, 5) is 30.6. The van der Waals surface area contributed by atoms with Gasteiger partial charge in [-0.1, -0.05) is 6.07 Å². The number of hydrogen-bond acceptors (Lipinski definition) is 4. The van der Waals surface area contributed by atoms with Gasteiger partial charge in [0.15, 0.2) is 0 Å². The van der Waals surface area contributed by atoms with Crippen LogP contribution >= 0.6 is 24.8 Å². The van der Waals surface area contributed by atoms with Crippen molar-refractivity contribution in [2.75, 3.05) is 25.0 Å². The first-order valence-electron chi connectivity index (χ1n) is 8.51. The number of carbonyl (C=O) groups excluding carboxylic acids is 2. The lowest BCUT2D eigenvalue weighted by Crippen LogP contribution is -2.52. The van der Waals surface area contributed by atoms with E-state index in [4.69, 9.17) is 0 Å². The summed E-state index contributed by atoms with van der Waals surface area (Å²) < 4.78 is 1.85. The molecular weight excluding hydrogens is 389 g/mol. The number of rotatable bonds is 5. The van der Waals surface area contributed by atoms with Gasteiger partial charge in [-0.25, -0.2) is 4.98 Å². The van der Waals surface area contributed by atoms with Gasteiger partial charge in [-0.15, -0.1) is 24.8 Å². The van der Waals surface area contributed by atoms with Crippen LogP contribution in [0.5, 0.6) is 0 Å². The van der Waals surface area contributed by atoms with Gasteiger partial charge >= 0.3 is 0 Å². The van der Waals surface area contributed by atoms with Crippen molar-refractivity contribution in [2.45, 2.75) is 25.9 Å². The largest absolute Gasteiger partial charge is 0.337 e. The molecule has 1 aromatic carbocycles. The third-order valence-corrected chi connectivity index (χ3v) is 4.31. The molecule has 2 heterocycles. The van der Waals surface area contributed by atoms with Gasteiger partial charge in [0.1, 0.15) is 0 Å². The van der Waals surface area contributed by atoms with Gasteiger partial charge < -0.3 is 20.1 Å². The van der Waals surface area contributed by atoms with Crippen molar-refractivity contribution in [3.63, 3.8) is 0 Å². The first-order valence-corrected chi connectivity index (χ1v) is 8.51. The molecular formula is C18H25Cl2N5O2. The Morgan fingerprint density at radius 3 is 2.85 bits per heavy atom.